The second kappa shape index (κ2) is 8.59. The monoisotopic (exact) mass is 354 g/mol. The molecule has 0 atom stereocenters. The third-order valence-corrected chi connectivity index (χ3v) is 4.43. The van der Waals surface area contributed by atoms with Gasteiger partial charge < -0.3 is 10.2 Å². The summed E-state index contributed by atoms with van der Waals surface area (Å²) in [6, 6.07) is 21.0. The van der Waals surface area contributed by atoms with E-state index in [1.54, 1.807) is 6.07 Å². The summed E-state index contributed by atoms with van der Waals surface area (Å²) in [7, 11) is 0. The minimum absolute atomic E-state index is 0.228. The Morgan fingerprint density at radius 1 is 0.800 bits per heavy atom. The molecule has 3 heteroatoms. The average Bonchev–Trinajstić information content (AvgIpc) is 2.61. The number of phenols is 2. The van der Waals surface area contributed by atoms with Crippen LogP contribution in [-0.4, -0.2) is 10.2 Å². The lowest BCUT2D eigenvalue weighted by Gasteiger charge is -2.10. The number of halogens is 1. The molecule has 3 aromatic carbocycles. The van der Waals surface area contributed by atoms with E-state index >= 15 is 0 Å². The number of aryl methyl sites for hydroxylation is 1. The van der Waals surface area contributed by atoms with Crippen LogP contribution in [0.3, 0.4) is 0 Å². The van der Waals surface area contributed by atoms with E-state index in [1.165, 1.54) is 0 Å². The highest BCUT2D eigenvalue weighted by Gasteiger charge is 2.10. The second-order valence-corrected chi connectivity index (χ2v) is 6.55. The van der Waals surface area contributed by atoms with Crippen LogP contribution in [0.15, 0.2) is 66.7 Å². The summed E-state index contributed by atoms with van der Waals surface area (Å²) in [6.45, 7) is 5.94. The Hall–Kier alpha value is -2.45. The zero-order chi connectivity index (χ0) is 18.4. The quantitative estimate of drug-likeness (QED) is 0.548. The zero-order valence-corrected chi connectivity index (χ0v) is 15.5. The summed E-state index contributed by atoms with van der Waals surface area (Å²) in [6.07, 6.45) is 0. The third-order valence-electron chi connectivity index (χ3n) is 3.95. The van der Waals surface area contributed by atoms with Gasteiger partial charge >= 0.3 is 0 Å². The van der Waals surface area contributed by atoms with Gasteiger partial charge in [0.2, 0.25) is 0 Å². The van der Waals surface area contributed by atoms with E-state index in [2.05, 4.69) is 0 Å². The highest BCUT2D eigenvalue weighted by Crippen LogP contribution is 2.34. The van der Waals surface area contributed by atoms with Gasteiger partial charge in [-0.3, -0.25) is 0 Å². The van der Waals surface area contributed by atoms with Crippen LogP contribution in [-0.2, 0) is 0 Å². The van der Waals surface area contributed by atoms with Crippen molar-refractivity contribution in [1.82, 2.24) is 0 Å². The van der Waals surface area contributed by atoms with Crippen LogP contribution in [0, 0.1) is 6.92 Å². The Kier molecular flexibility index (Phi) is 6.49. The molecule has 0 aliphatic heterocycles. The second-order valence-electron chi connectivity index (χ2n) is 6.17. The first-order chi connectivity index (χ1) is 11.9. The fourth-order valence-electron chi connectivity index (χ4n) is 2.48. The largest absolute Gasteiger partial charge is 0.507 e. The number of phenolic OH excluding ortho intramolecular Hbond substituents is 2. The third kappa shape index (κ3) is 4.77. The van der Waals surface area contributed by atoms with Crippen molar-refractivity contribution in [3.63, 3.8) is 0 Å². The van der Waals surface area contributed by atoms with Gasteiger partial charge in [0.1, 0.15) is 11.5 Å². The lowest BCUT2D eigenvalue weighted by Crippen LogP contribution is -1.89. The fourth-order valence-corrected chi connectivity index (χ4v) is 2.65. The SMILES string of the molecule is Cc1ccc(C(C)C)c(O)c1Cl.Oc1ccccc1-c1ccccc1. The maximum Gasteiger partial charge on any atom is 0.137 e. The molecule has 25 heavy (non-hydrogen) atoms. The van der Waals surface area contributed by atoms with Gasteiger partial charge in [0.25, 0.3) is 0 Å². The van der Waals surface area contributed by atoms with Gasteiger partial charge in [-0.1, -0.05) is 86.1 Å². The summed E-state index contributed by atoms with van der Waals surface area (Å²) >= 11 is 5.88. The molecule has 0 bridgehead atoms. The molecule has 0 amide bonds. The molecule has 0 fully saturated rings. The summed E-state index contributed by atoms with van der Waals surface area (Å²) in [5.41, 5.74) is 3.74. The molecule has 130 valence electrons. The molecule has 0 radical (unpaired) electrons. The van der Waals surface area contributed by atoms with E-state index in [0.29, 0.717) is 16.7 Å². The molecule has 0 aliphatic rings. The highest BCUT2D eigenvalue weighted by molar-refractivity contribution is 6.32. The van der Waals surface area contributed by atoms with Gasteiger partial charge in [0, 0.05) is 5.56 Å². The maximum absolute atomic E-state index is 9.62. The summed E-state index contributed by atoms with van der Waals surface area (Å²) in [5.74, 6) is 0.864. The molecule has 0 unspecified atom stereocenters. The van der Waals surface area contributed by atoms with Gasteiger partial charge in [-0.15, -0.1) is 0 Å². The van der Waals surface area contributed by atoms with Crippen molar-refractivity contribution in [3.8, 4) is 22.6 Å². The molecule has 0 spiro atoms. The molecular weight excluding hydrogens is 332 g/mol. The molecular formula is C22H23ClO2. The standard InChI is InChI=1S/C12H10O.C10H13ClO/c13-12-9-5-4-8-11(12)10-6-2-1-3-7-10;1-6(2)8-5-4-7(3)9(11)10(8)12/h1-9,13H;4-6,12H,1-3H3. The van der Waals surface area contributed by atoms with Crippen molar-refractivity contribution in [3.05, 3.63) is 82.9 Å². The van der Waals surface area contributed by atoms with Crippen LogP contribution < -0.4 is 0 Å². The Bertz CT molecular complexity index is 827. The normalized spacial score (nSPS) is 10.3. The first-order valence-electron chi connectivity index (χ1n) is 8.23. The predicted molar refractivity (Wildman–Crippen MR) is 105 cm³/mol. The number of rotatable bonds is 2. The summed E-state index contributed by atoms with van der Waals surface area (Å²) < 4.78 is 0. The van der Waals surface area contributed by atoms with E-state index in [4.69, 9.17) is 11.6 Å². The molecule has 0 aromatic heterocycles. The van der Waals surface area contributed by atoms with E-state index in [9.17, 15) is 10.2 Å². The minimum Gasteiger partial charge on any atom is -0.507 e. The first kappa shape index (κ1) is 18.9. The van der Waals surface area contributed by atoms with E-state index in [1.807, 2.05) is 81.4 Å². The van der Waals surface area contributed by atoms with E-state index in [-0.39, 0.29) is 5.75 Å². The fraction of sp³-hybridized carbons (Fsp3) is 0.182. The van der Waals surface area contributed by atoms with Crippen molar-refractivity contribution in [1.29, 1.82) is 0 Å². The van der Waals surface area contributed by atoms with Crippen molar-refractivity contribution in [2.24, 2.45) is 0 Å². The summed E-state index contributed by atoms with van der Waals surface area (Å²) in [4.78, 5) is 0. The van der Waals surface area contributed by atoms with Crippen LogP contribution in [0.2, 0.25) is 5.02 Å². The molecule has 2 N–H and O–H groups in total. The van der Waals surface area contributed by atoms with Crippen molar-refractivity contribution >= 4 is 11.6 Å². The van der Waals surface area contributed by atoms with Crippen LogP contribution in [0.1, 0.15) is 30.9 Å². The van der Waals surface area contributed by atoms with Crippen LogP contribution in [0.4, 0.5) is 0 Å². The highest BCUT2D eigenvalue weighted by atomic mass is 35.5. The maximum atomic E-state index is 9.62. The molecule has 2 nitrogen and oxygen atoms in total. The minimum atomic E-state index is 0.228. The number of para-hydroxylation sites is 1. The van der Waals surface area contributed by atoms with Crippen molar-refractivity contribution in [2.45, 2.75) is 26.7 Å². The van der Waals surface area contributed by atoms with Crippen LogP contribution >= 0.6 is 11.6 Å². The summed E-state index contributed by atoms with van der Waals surface area (Å²) in [5, 5.41) is 19.7. The molecule has 0 saturated heterocycles. The number of hydrogen-bond acceptors (Lipinski definition) is 2. The van der Waals surface area contributed by atoms with Gasteiger partial charge in [0.05, 0.1) is 5.02 Å². The van der Waals surface area contributed by atoms with Gasteiger partial charge in [0.15, 0.2) is 0 Å². The number of hydrogen-bond donors (Lipinski definition) is 2. The Balaban J connectivity index is 0.000000181. The van der Waals surface area contributed by atoms with Crippen LogP contribution in [0.5, 0.6) is 11.5 Å². The zero-order valence-electron chi connectivity index (χ0n) is 14.7. The lowest BCUT2D eigenvalue weighted by atomic mass is 10.0. The first-order valence-corrected chi connectivity index (χ1v) is 8.61. The van der Waals surface area contributed by atoms with Gasteiger partial charge in [-0.05, 0) is 35.6 Å². The molecule has 0 saturated carbocycles. The predicted octanol–water partition coefficient (Wildman–Crippen LogP) is 6.54. The molecule has 0 heterocycles. The smallest absolute Gasteiger partial charge is 0.137 e. The number of benzene rings is 3. The van der Waals surface area contributed by atoms with Gasteiger partial charge in [-0.25, -0.2) is 0 Å². The Labute approximate surface area is 154 Å². The van der Waals surface area contributed by atoms with Crippen molar-refractivity contribution in [2.75, 3.05) is 0 Å². The molecule has 0 aliphatic carbocycles. The van der Waals surface area contributed by atoms with E-state index in [0.717, 1.165) is 22.3 Å². The lowest BCUT2D eigenvalue weighted by molar-refractivity contribution is 0.464. The average molecular weight is 355 g/mol. The van der Waals surface area contributed by atoms with Crippen molar-refractivity contribution < 1.29 is 10.2 Å². The van der Waals surface area contributed by atoms with E-state index < -0.39 is 0 Å². The number of aromatic hydroxyl groups is 2. The van der Waals surface area contributed by atoms with Crippen LogP contribution in [0.25, 0.3) is 11.1 Å². The van der Waals surface area contributed by atoms with Gasteiger partial charge in [-0.2, -0.15) is 0 Å². The molecule has 3 aromatic rings. The topological polar surface area (TPSA) is 40.5 Å². The Morgan fingerprint density at radius 2 is 1.40 bits per heavy atom. The Morgan fingerprint density at radius 3 is 2.00 bits per heavy atom. The molecule has 3 rings (SSSR count).